The molecule has 0 aliphatic heterocycles. The van der Waals surface area contributed by atoms with E-state index < -0.39 is 5.97 Å². The summed E-state index contributed by atoms with van der Waals surface area (Å²) >= 11 is 6.12. The molecule has 0 fully saturated rings. The van der Waals surface area contributed by atoms with Gasteiger partial charge in [0.25, 0.3) is 0 Å². The second-order valence-electron chi connectivity index (χ2n) is 4.25. The molecule has 0 aromatic heterocycles. The van der Waals surface area contributed by atoms with Crippen LogP contribution in [0.5, 0.6) is 0 Å². The fraction of sp³-hybridized carbons (Fsp3) is 0.125. The van der Waals surface area contributed by atoms with Crippen LogP contribution in [0.2, 0.25) is 5.02 Å². The Labute approximate surface area is 122 Å². The second-order valence-corrected chi connectivity index (χ2v) is 4.66. The molecule has 0 radical (unpaired) electrons. The first-order chi connectivity index (χ1) is 9.63. The number of aromatic carboxylic acids is 1. The van der Waals surface area contributed by atoms with Crippen molar-refractivity contribution in [2.75, 3.05) is 0 Å². The van der Waals surface area contributed by atoms with Crippen molar-refractivity contribution in [2.45, 2.75) is 13.3 Å². The Morgan fingerprint density at radius 1 is 1.25 bits per heavy atom. The molecule has 0 amide bonds. The lowest BCUT2D eigenvalue weighted by Gasteiger charge is -2.09. The van der Waals surface area contributed by atoms with Crippen LogP contribution in [0.1, 0.15) is 28.4 Å². The molecule has 0 saturated carbocycles. The Bertz CT molecular complexity index is 651. The van der Waals surface area contributed by atoms with Crippen LogP contribution in [0.15, 0.2) is 47.5 Å². The van der Waals surface area contributed by atoms with Crippen LogP contribution in [-0.4, -0.2) is 17.3 Å². The maximum atomic E-state index is 11.3. The van der Waals surface area contributed by atoms with Crippen LogP contribution in [0, 0.1) is 0 Å². The van der Waals surface area contributed by atoms with Gasteiger partial charge < -0.3 is 5.11 Å². The normalized spacial score (nSPS) is 10.9. The third-order valence-corrected chi connectivity index (χ3v) is 3.31. The fourth-order valence-electron chi connectivity index (χ4n) is 1.95. The molecule has 3 nitrogen and oxygen atoms in total. The smallest absolute Gasteiger partial charge is 0.337 e. The van der Waals surface area contributed by atoms with Crippen molar-refractivity contribution < 1.29 is 9.90 Å². The number of aliphatic imine (C=N–C) groups is 1. The maximum absolute atomic E-state index is 11.3. The lowest BCUT2D eigenvalue weighted by molar-refractivity contribution is 0.0698. The number of nitrogens with zero attached hydrogens (tertiary/aromatic N) is 1. The minimum Gasteiger partial charge on any atom is -0.478 e. The summed E-state index contributed by atoms with van der Waals surface area (Å²) < 4.78 is 0. The molecule has 0 unspecified atom stereocenters. The third kappa shape index (κ3) is 3.06. The van der Waals surface area contributed by atoms with E-state index in [4.69, 9.17) is 11.6 Å². The molecule has 0 aliphatic rings. The number of rotatable bonds is 4. The van der Waals surface area contributed by atoms with E-state index in [0.29, 0.717) is 17.1 Å². The van der Waals surface area contributed by atoms with Gasteiger partial charge in [-0.3, -0.25) is 4.99 Å². The molecule has 0 saturated heterocycles. The zero-order chi connectivity index (χ0) is 14.5. The zero-order valence-corrected chi connectivity index (χ0v) is 11.8. The lowest BCUT2D eigenvalue weighted by atomic mass is 10.0. The van der Waals surface area contributed by atoms with Gasteiger partial charge in [0.2, 0.25) is 0 Å². The van der Waals surface area contributed by atoms with Gasteiger partial charge >= 0.3 is 5.97 Å². The van der Waals surface area contributed by atoms with Gasteiger partial charge in [0.05, 0.1) is 11.3 Å². The average Bonchev–Trinajstić information content (AvgIpc) is 2.45. The minimum absolute atomic E-state index is 0.165. The predicted octanol–water partition coefficient (Wildman–Crippen LogP) is 4.35. The zero-order valence-electron chi connectivity index (χ0n) is 11.0. The van der Waals surface area contributed by atoms with Crippen molar-refractivity contribution in [3.63, 3.8) is 0 Å². The van der Waals surface area contributed by atoms with E-state index in [0.717, 1.165) is 11.1 Å². The van der Waals surface area contributed by atoms with Gasteiger partial charge in [-0.15, -0.1) is 0 Å². The van der Waals surface area contributed by atoms with Crippen LogP contribution in [0.4, 0.5) is 5.69 Å². The largest absolute Gasteiger partial charge is 0.478 e. The molecule has 0 spiro atoms. The molecule has 102 valence electrons. The minimum atomic E-state index is -1.00. The van der Waals surface area contributed by atoms with E-state index >= 15 is 0 Å². The van der Waals surface area contributed by atoms with Gasteiger partial charge in [-0.1, -0.05) is 48.9 Å². The molecule has 2 aromatic carbocycles. The van der Waals surface area contributed by atoms with Crippen LogP contribution in [-0.2, 0) is 6.42 Å². The van der Waals surface area contributed by atoms with E-state index in [2.05, 4.69) is 4.99 Å². The molecule has 20 heavy (non-hydrogen) atoms. The quantitative estimate of drug-likeness (QED) is 0.850. The number of halogens is 1. The molecule has 2 aromatic rings. The number of carboxylic acid groups (broad SMARTS) is 1. The molecule has 0 aliphatic carbocycles. The van der Waals surface area contributed by atoms with E-state index in [1.54, 1.807) is 12.3 Å². The van der Waals surface area contributed by atoms with Crippen LogP contribution >= 0.6 is 11.6 Å². The molecule has 2 rings (SSSR count). The number of hydrogen-bond donors (Lipinski definition) is 1. The second kappa shape index (κ2) is 6.35. The highest BCUT2D eigenvalue weighted by Crippen LogP contribution is 2.31. The topological polar surface area (TPSA) is 49.7 Å². The Morgan fingerprint density at radius 2 is 1.95 bits per heavy atom. The average molecular weight is 288 g/mol. The van der Waals surface area contributed by atoms with Crippen LogP contribution < -0.4 is 0 Å². The third-order valence-electron chi connectivity index (χ3n) is 2.95. The van der Waals surface area contributed by atoms with Gasteiger partial charge in [0.15, 0.2) is 0 Å². The first kappa shape index (κ1) is 14.3. The van der Waals surface area contributed by atoms with Gasteiger partial charge in [-0.25, -0.2) is 4.79 Å². The summed E-state index contributed by atoms with van der Waals surface area (Å²) in [5.41, 5.74) is 2.25. The first-order valence-corrected chi connectivity index (χ1v) is 6.65. The molecule has 0 heterocycles. The SMILES string of the molecule is CCc1c(Cl)ccc(C(=O)O)c1N=Cc1ccccc1. The van der Waals surface area contributed by atoms with Crippen molar-refractivity contribution in [1.29, 1.82) is 0 Å². The van der Waals surface area contributed by atoms with E-state index in [9.17, 15) is 9.90 Å². The fourth-order valence-corrected chi connectivity index (χ4v) is 2.23. The number of hydrogen-bond acceptors (Lipinski definition) is 2. The Hall–Kier alpha value is -2.13. The van der Waals surface area contributed by atoms with Crippen molar-refractivity contribution in [2.24, 2.45) is 4.99 Å². The number of carboxylic acids is 1. The summed E-state index contributed by atoms with van der Waals surface area (Å²) in [5, 5.41) is 9.80. The first-order valence-electron chi connectivity index (χ1n) is 6.27. The van der Waals surface area contributed by atoms with E-state index in [1.165, 1.54) is 6.07 Å². The highest BCUT2D eigenvalue weighted by Gasteiger charge is 2.15. The van der Waals surface area contributed by atoms with Crippen LogP contribution in [0.3, 0.4) is 0 Å². The number of benzene rings is 2. The Balaban J connectivity index is 2.51. The van der Waals surface area contributed by atoms with Gasteiger partial charge in [0.1, 0.15) is 0 Å². The Kier molecular flexibility index (Phi) is 4.53. The molecule has 0 atom stereocenters. The van der Waals surface area contributed by atoms with E-state index in [-0.39, 0.29) is 5.56 Å². The Morgan fingerprint density at radius 3 is 2.55 bits per heavy atom. The van der Waals surface area contributed by atoms with Crippen molar-refractivity contribution in [3.05, 3.63) is 64.2 Å². The van der Waals surface area contributed by atoms with Gasteiger partial charge in [0, 0.05) is 11.2 Å². The molecule has 1 N–H and O–H groups in total. The molecular weight excluding hydrogens is 274 g/mol. The number of carbonyl (C=O) groups is 1. The summed E-state index contributed by atoms with van der Waals surface area (Å²) in [5.74, 6) is -1.00. The standard InChI is InChI=1S/C16H14ClNO2/c1-2-12-14(17)9-8-13(16(19)20)15(12)18-10-11-6-4-3-5-7-11/h3-10H,2H2,1H3,(H,19,20). The van der Waals surface area contributed by atoms with Crippen molar-refractivity contribution >= 4 is 29.5 Å². The summed E-state index contributed by atoms with van der Waals surface area (Å²) in [6.07, 6.45) is 2.28. The highest BCUT2D eigenvalue weighted by molar-refractivity contribution is 6.32. The predicted molar refractivity (Wildman–Crippen MR) is 81.5 cm³/mol. The maximum Gasteiger partial charge on any atom is 0.337 e. The summed E-state index contributed by atoms with van der Waals surface area (Å²) in [4.78, 5) is 15.6. The van der Waals surface area contributed by atoms with Gasteiger partial charge in [-0.2, -0.15) is 0 Å². The van der Waals surface area contributed by atoms with Gasteiger partial charge in [-0.05, 0) is 29.7 Å². The monoisotopic (exact) mass is 287 g/mol. The molecule has 4 heteroatoms. The highest BCUT2D eigenvalue weighted by atomic mass is 35.5. The molecule has 0 bridgehead atoms. The summed E-state index contributed by atoms with van der Waals surface area (Å²) in [6.45, 7) is 1.92. The van der Waals surface area contributed by atoms with Crippen molar-refractivity contribution in [3.8, 4) is 0 Å². The van der Waals surface area contributed by atoms with E-state index in [1.807, 2.05) is 37.3 Å². The van der Waals surface area contributed by atoms with Crippen molar-refractivity contribution in [1.82, 2.24) is 0 Å². The molecular formula is C16H14ClNO2. The summed E-state index contributed by atoms with van der Waals surface area (Å²) in [7, 11) is 0. The van der Waals surface area contributed by atoms with Crippen LogP contribution in [0.25, 0.3) is 0 Å². The summed E-state index contributed by atoms with van der Waals surface area (Å²) in [6, 6.07) is 12.6. The lowest BCUT2D eigenvalue weighted by Crippen LogP contribution is -2.00.